The van der Waals surface area contributed by atoms with Crippen molar-refractivity contribution in [3.63, 3.8) is 0 Å². The molecule has 0 spiro atoms. The molecule has 0 unspecified atom stereocenters. The van der Waals surface area contributed by atoms with E-state index in [0.29, 0.717) is 43.8 Å². The zero-order valence-corrected chi connectivity index (χ0v) is 14.3. The molecule has 120 valence electrons. The van der Waals surface area contributed by atoms with Crippen LogP contribution >= 0.6 is 11.3 Å². The van der Waals surface area contributed by atoms with E-state index in [1.54, 1.807) is 6.07 Å². The largest absolute Gasteiger partial charge is 0.380 e. The lowest BCUT2D eigenvalue weighted by molar-refractivity contribution is 0.135. The van der Waals surface area contributed by atoms with E-state index < -0.39 is 10.0 Å². The Kier molecular flexibility index (Phi) is 6.19. The van der Waals surface area contributed by atoms with Crippen LogP contribution in [0, 0.1) is 0 Å². The van der Waals surface area contributed by atoms with Crippen LogP contribution in [0.3, 0.4) is 0 Å². The van der Waals surface area contributed by atoms with Gasteiger partial charge in [-0.1, -0.05) is 6.92 Å². The first-order chi connectivity index (χ1) is 10.1. The van der Waals surface area contributed by atoms with E-state index in [4.69, 9.17) is 4.74 Å². The molecule has 2 rings (SSSR count). The number of likely N-dealkylation sites (N-methyl/N-ethyl adjacent to an activating group) is 1. The average molecular weight is 332 g/mol. The molecule has 1 aliphatic rings. The lowest BCUT2D eigenvalue weighted by atomic mass is 10.4. The van der Waals surface area contributed by atoms with Crippen molar-refractivity contribution in [2.24, 2.45) is 0 Å². The molecule has 0 atom stereocenters. The van der Waals surface area contributed by atoms with Gasteiger partial charge in [-0.3, -0.25) is 0 Å². The number of ether oxygens (including phenoxy) is 1. The minimum absolute atomic E-state index is 0.401. The number of rotatable bonds is 10. The summed E-state index contributed by atoms with van der Waals surface area (Å²) in [4.78, 5) is 1.34. The summed E-state index contributed by atoms with van der Waals surface area (Å²) in [6, 6.07) is 2.29. The number of nitrogens with zero attached hydrogens (tertiary/aromatic N) is 1. The number of sulfonamides is 1. The normalized spacial score (nSPS) is 15.8. The molecule has 1 aliphatic carbocycles. The van der Waals surface area contributed by atoms with Crippen molar-refractivity contribution in [2.45, 2.75) is 44.2 Å². The van der Waals surface area contributed by atoms with Crippen LogP contribution in [0.2, 0.25) is 0 Å². The van der Waals surface area contributed by atoms with Crippen molar-refractivity contribution in [1.29, 1.82) is 0 Å². The first-order valence-corrected chi connectivity index (χ1v) is 9.79. The van der Waals surface area contributed by atoms with E-state index >= 15 is 0 Å². The van der Waals surface area contributed by atoms with Crippen LogP contribution in [-0.4, -0.2) is 45.1 Å². The number of nitrogens with one attached hydrogen (secondary N) is 1. The van der Waals surface area contributed by atoms with Crippen LogP contribution in [0.25, 0.3) is 0 Å². The predicted octanol–water partition coefficient (Wildman–Crippen LogP) is 2.05. The third-order valence-electron chi connectivity index (χ3n) is 3.49. The van der Waals surface area contributed by atoms with Crippen molar-refractivity contribution in [1.82, 2.24) is 9.62 Å². The molecule has 5 nitrogen and oxygen atoms in total. The monoisotopic (exact) mass is 332 g/mol. The van der Waals surface area contributed by atoms with Crippen molar-refractivity contribution in [2.75, 3.05) is 26.3 Å². The summed E-state index contributed by atoms with van der Waals surface area (Å²) in [6.07, 6.45) is 2.39. The molecule has 1 fully saturated rings. The van der Waals surface area contributed by atoms with Crippen LogP contribution in [0.4, 0.5) is 0 Å². The Balaban J connectivity index is 2.07. The maximum atomic E-state index is 12.7. The van der Waals surface area contributed by atoms with Crippen LogP contribution in [0.5, 0.6) is 0 Å². The van der Waals surface area contributed by atoms with Crippen LogP contribution in [0.15, 0.2) is 16.3 Å². The predicted molar refractivity (Wildman–Crippen MR) is 85.1 cm³/mol. The van der Waals surface area contributed by atoms with E-state index in [1.165, 1.54) is 28.5 Å². The summed E-state index contributed by atoms with van der Waals surface area (Å²) in [5, 5.41) is 5.24. The van der Waals surface area contributed by atoms with Crippen molar-refractivity contribution in [3.8, 4) is 0 Å². The van der Waals surface area contributed by atoms with E-state index in [-0.39, 0.29) is 0 Å². The van der Waals surface area contributed by atoms with Gasteiger partial charge in [0, 0.05) is 37.2 Å². The van der Waals surface area contributed by atoms with Gasteiger partial charge >= 0.3 is 0 Å². The quantitative estimate of drug-likeness (QED) is 0.666. The third kappa shape index (κ3) is 4.50. The molecule has 0 aliphatic heterocycles. The van der Waals surface area contributed by atoms with Gasteiger partial charge in [-0.05, 0) is 31.2 Å². The van der Waals surface area contributed by atoms with Gasteiger partial charge in [-0.25, -0.2) is 8.42 Å². The average Bonchev–Trinajstić information content (AvgIpc) is 3.17. The molecule has 0 bridgehead atoms. The first-order valence-electron chi connectivity index (χ1n) is 7.47. The zero-order valence-electron chi connectivity index (χ0n) is 12.7. The standard InChI is InChI=1S/C14H24N2O3S2/c1-3-16(8-9-19-4-2)21(17,18)14-7-10-20-13(14)11-15-12-5-6-12/h7,10,12,15H,3-6,8-9,11H2,1-2H3. The highest BCUT2D eigenvalue weighted by Gasteiger charge is 2.27. The van der Waals surface area contributed by atoms with Gasteiger partial charge in [0.1, 0.15) is 0 Å². The fourth-order valence-electron chi connectivity index (χ4n) is 2.11. The van der Waals surface area contributed by atoms with Gasteiger partial charge < -0.3 is 10.1 Å². The zero-order chi connectivity index (χ0) is 15.3. The van der Waals surface area contributed by atoms with Gasteiger partial charge in [0.25, 0.3) is 0 Å². The Bertz CT molecular complexity index is 538. The van der Waals surface area contributed by atoms with Gasteiger partial charge in [0.15, 0.2) is 0 Å². The Hall–Kier alpha value is -0.470. The highest BCUT2D eigenvalue weighted by Crippen LogP contribution is 2.27. The molecule has 1 N–H and O–H groups in total. The molecular weight excluding hydrogens is 308 g/mol. The summed E-state index contributed by atoms with van der Waals surface area (Å²) in [6.45, 7) is 6.30. The molecule has 1 saturated carbocycles. The topological polar surface area (TPSA) is 58.6 Å². The molecule has 1 aromatic rings. The van der Waals surface area contributed by atoms with Crippen molar-refractivity contribution in [3.05, 3.63) is 16.3 Å². The second kappa shape index (κ2) is 7.69. The number of thiophene rings is 1. The second-order valence-electron chi connectivity index (χ2n) is 5.06. The van der Waals surface area contributed by atoms with Gasteiger partial charge in [0.05, 0.1) is 11.5 Å². The first kappa shape index (κ1) is 16.9. The maximum absolute atomic E-state index is 12.7. The fourth-order valence-corrected chi connectivity index (χ4v) is 4.91. The lowest BCUT2D eigenvalue weighted by Crippen LogP contribution is -2.34. The molecular formula is C14H24N2O3S2. The summed E-state index contributed by atoms with van der Waals surface area (Å²) in [7, 11) is -3.42. The molecule has 0 radical (unpaired) electrons. The molecule has 7 heteroatoms. The molecule has 21 heavy (non-hydrogen) atoms. The Morgan fingerprint density at radius 3 is 2.81 bits per heavy atom. The van der Waals surface area contributed by atoms with E-state index in [2.05, 4.69) is 5.32 Å². The number of hydrogen-bond acceptors (Lipinski definition) is 5. The smallest absolute Gasteiger partial charge is 0.244 e. The SMILES string of the molecule is CCOCCN(CC)S(=O)(=O)c1ccsc1CNC1CC1. The van der Waals surface area contributed by atoms with E-state index in [9.17, 15) is 8.42 Å². The van der Waals surface area contributed by atoms with Crippen LogP contribution < -0.4 is 5.32 Å². The number of hydrogen-bond donors (Lipinski definition) is 1. The van der Waals surface area contributed by atoms with Crippen LogP contribution in [-0.2, 0) is 21.3 Å². The lowest BCUT2D eigenvalue weighted by Gasteiger charge is -2.20. The molecule has 0 amide bonds. The highest BCUT2D eigenvalue weighted by atomic mass is 32.2. The van der Waals surface area contributed by atoms with Gasteiger partial charge in [-0.2, -0.15) is 4.31 Å². The fraction of sp³-hybridized carbons (Fsp3) is 0.714. The maximum Gasteiger partial charge on any atom is 0.244 e. The molecule has 0 aromatic carbocycles. The molecule has 1 heterocycles. The minimum Gasteiger partial charge on any atom is -0.380 e. The molecule has 0 saturated heterocycles. The van der Waals surface area contributed by atoms with Crippen LogP contribution in [0.1, 0.15) is 31.6 Å². The Morgan fingerprint density at radius 1 is 1.43 bits per heavy atom. The van der Waals surface area contributed by atoms with Gasteiger partial charge in [-0.15, -0.1) is 11.3 Å². The Morgan fingerprint density at radius 2 is 2.19 bits per heavy atom. The second-order valence-corrected chi connectivity index (χ2v) is 7.96. The van der Waals surface area contributed by atoms with E-state index in [0.717, 1.165) is 4.88 Å². The minimum atomic E-state index is -3.42. The summed E-state index contributed by atoms with van der Waals surface area (Å²) >= 11 is 1.50. The summed E-state index contributed by atoms with van der Waals surface area (Å²) in [5.74, 6) is 0. The van der Waals surface area contributed by atoms with Gasteiger partial charge in [0.2, 0.25) is 10.0 Å². The highest BCUT2D eigenvalue weighted by molar-refractivity contribution is 7.89. The summed E-state index contributed by atoms with van der Waals surface area (Å²) in [5.41, 5.74) is 0. The van der Waals surface area contributed by atoms with Crippen molar-refractivity contribution >= 4 is 21.4 Å². The third-order valence-corrected chi connectivity index (χ3v) is 6.60. The Labute approximate surface area is 131 Å². The van der Waals surface area contributed by atoms with Crippen molar-refractivity contribution < 1.29 is 13.2 Å². The summed E-state index contributed by atoms with van der Waals surface area (Å²) < 4.78 is 32.3. The van der Waals surface area contributed by atoms with E-state index in [1.807, 2.05) is 19.2 Å². The molecule has 1 aromatic heterocycles.